The summed E-state index contributed by atoms with van der Waals surface area (Å²) in [5.74, 6) is -1.23. The molecule has 38 heavy (non-hydrogen) atoms. The maximum atomic E-state index is 12.2. The van der Waals surface area contributed by atoms with Crippen molar-refractivity contribution in [3.8, 4) is 0 Å². The summed E-state index contributed by atoms with van der Waals surface area (Å²) in [6.45, 7) is 1.33. The van der Waals surface area contributed by atoms with Gasteiger partial charge in [-0.2, -0.15) is 0 Å². The minimum absolute atomic E-state index is 0.131. The number of rotatable bonds is 9. The predicted octanol–water partition coefficient (Wildman–Crippen LogP) is 1.51. The normalized spacial score (nSPS) is 24.2. The van der Waals surface area contributed by atoms with E-state index in [9.17, 15) is 19.2 Å². The van der Waals surface area contributed by atoms with Crippen LogP contribution >= 0.6 is 23.5 Å². The van der Waals surface area contributed by atoms with Crippen molar-refractivity contribution in [2.45, 2.75) is 41.8 Å². The summed E-state index contributed by atoms with van der Waals surface area (Å²) >= 11 is 2.60. The van der Waals surface area contributed by atoms with Crippen LogP contribution < -0.4 is 5.32 Å². The maximum Gasteiger partial charge on any atom is 0.324 e. The van der Waals surface area contributed by atoms with Gasteiger partial charge in [0.25, 0.3) is 0 Å². The van der Waals surface area contributed by atoms with E-state index in [2.05, 4.69) is 20.0 Å². The third kappa shape index (κ3) is 7.65. The Morgan fingerprint density at radius 2 is 1.76 bits per heavy atom. The molecule has 11 nitrogen and oxygen atoms in total. The molecule has 1 aromatic rings. The molecule has 1 aromatic carbocycles. The van der Waals surface area contributed by atoms with E-state index in [1.807, 2.05) is 30.3 Å². The quantitative estimate of drug-likeness (QED) is 0.333. The average molecular weight is 566 g/mol. The van der Waals surface area contributed by atoms with Crippen LogP contribution in [0.3, 0.4) is 0 Å². The Balaban J connectivity index is 0.000000241. The highest BCUT2D eigenvalue weighted by Crippen LogP contribution is 2.39. The number of imide groups is 1. The van der Waals surface area contributed by atoms with Crippen molar-refractivity contribution in [2.24, 2.45) is 9.98 Å². The van der Waals surface area contributed by atoms with Gasteiger partial charge in [0.2, 0.25) is 11.8 Å². The van der Waals surface area contributed by atoms with Gasteiger partial charge in [-0.1, -0.05) is 53.9 Å². The molecule has 1 spiro atoms. The molecule has 0 bridgehead atoms. The fraction of sp³-hybridized carbons (Fsp3) is 0.520. The van der Waals surface area contributed by atoms with E-state index in [-0.39, 0.29) is 43.3 Å². The van der Waals surface area contributed by atoms with Gasteiger partial charge in [-0.3, -0.25) is 34.5 Å². The fourth-order valence-corrected chi connectivity index (χ4v) is 6.25. The van der Waals surface area contributed by atoms with Gasteiger partial charge in [-0.05, 0) is 18.4 Å². The predicted molar refractivity (Wildman–Crippen MR) is 144 cm³/mol. The number of carbonyl (C=O) groups excluding carboxylic acids is 4. The SMILES string of the molecule is COC(=O)CCC1(C(=O)OC)CN=C(COCc2ccccc2)S1.O=C1CCC2(CN=C(CO)S2)C(=O)N1. The number of piperidine rings is 1. The lowest BCUT2D eigenvalue weighted by atomic mass is 9.97. The molecule has 1 fully saturated rings. The summed E-state index contributed by atoms with van der Waals surface area (Å²) < 4.78 is 13.7. The average Bonchev–Trinajstić information content (AvgIpc) is 3.56. The van der Waals surface area contributed by atoms with Gasteiger partial charge < -0.3 is 19.3 Å². The fourth-order valence-electron chi connectivity index (χ4n) is 3.91. The van der Waals surface area contributed by atoms with Crippen molar-refractivity contribution in [3.63, 3.8) is 0 Å². The van der Waals surface area contributed by atoms with E-state index in [1.165, 1.54) is 37.7 Å². The number of hydrogen-bond donors (Lipinski definition) is 2. The van der Waals surface area contributed by atoms with Crippen molar-refractivity contribution in [1.29, 1.82) is 0 Å². The topological polar surface area (TPSA) is 153 Å². The van der Waals surface area contributed by atoms with Crippen LogP contribution in [-0.2, 0) is 40.0 Å². The molecule has 0 aromatic heterocycles. The van der Waals surface area contributed by atoms with Crippen LogP contribution in [0.15, 0.2) is 40.3 Å². The second-order valence-electron chi connectivity index (χ2n) is 8.69. The van der Waals surface area contributed by atoms with Crippen LogP contribution in [-0.4, -0.2) is 89.0 Å². The monoisotopic (exact) mass is 565 g/mol. The molecule has 3 heterocycles. The lowest BCUT2D eigenvalue weighted by Gasteiger charge is -2.29. The van der Waals surface area contributed by atoms with E-state index in [0.29, 0.717) is 44.1 Å². The van der Waals surface area contributed by atoms with Crippen LogP contribution in [0, 0.1) is 0 Å². The van der Waals surface area contributed by atoms with Crippen molar-refractivity contribution in [3.05, 3.63) is 35.9 Å². The minimum atomic E-state index is -0.867. The Morgan fingerprint density at radius 3 is 2.39 bits per heavy atom. The van der Waals surface area contributed by atoms with Gasteiger partial charge in [0.15, 0.2) is 0 Å². The van der Waals surface area contributed by atoms with E-state index in [1.54, 1.807) is 0 Å². The van der Waals surface area contributed by atoms with Crippen molar-refractivity contribution in [2.75, 3.05) is 40.5 Å². The highest BCUT2D eigenvalue weighted by atomic mass is 32.2. The molecular weight excluding hydrogens is 534 g/mol. The van der Waals surface area contributed by atoms with Gasteiger partial charge in [-0.25, -0.2) is 0 Å². The van der Waals surface area contributed by atoms with E-state index >= 15 is 0 Å². The zero-order chi connectivity index (χ0) is 27.6. The van der Waals surface area contributed by atoms with Gasteiger partial charge in [-0.15, -0.1) is 0 Å². The largest absolute Gasteiger partial charge is 0.469 e. The number of methoxy groups -OCH3 is 2. The molecule has 1 saturated heterocycles. The number of ether oxygens (including phenoxy) is 3. The summed E-state index contributed by atoms with van der Waals surface area (Å²) in [4.78, 5) is 54.5. The molecule has 2 atom stereocenters. The van der Waals surface area contributed by atoms with E-state index in [4.69, 9.17) is 14.6 Å². The third-order valence-corrected chi connectivity index (χ3v) is 8.84. The molecule has 2 unspecified atom stereocenters. The number of aliphatic imine (C=N–C) groups is 2. The molecule has 13 heteroatoms. The zero-order valence-electron chi connectivity index (χ0n) is 21.3. The number of thioether (sulfide) groups is 2. The van der Waals surface area contributed by atoms with Gasteiger partial charge in [0.05, 0.1) is 57.2 Å². The Bertz CT molecular complexity index is 1100. The molecule has 0 aliphatic carbocycles. The van der Waals surface area contributed by atoms with Crippen LogP contribution in [0.5, 0.6) is 0 Å². The summed E-state index contributed by atoms with van der Waals surface area (Å²) in [5, 5.41) is 12.5. The number of aliphatic hydroxyl groups excluding tert-OH is 1. The number of aliphatic hydroxyl groups is 1. The summed E-state index contributed by atoms with van der Waals surface area (Å²) in [6.07, 6.45) is 1.33. The van der Waals surface area contributed by atoms with Crippen molar-refractivity contribution in [1.82, 2.24) is 5.32 Å². The number of carbonyl (C=O) groups is 4. The Labute approximate surface area is 229 Å². The van der Waals surface area contributed by atoms with Crippen LogP contribution in [0.25, 0.3) is 0 Å². The molecule has 2 N–H and O–H groups in total. The lowest BCUT2D eigenvalue weighted by Crippen LogP contribution is -2.52. The second-order valence-corrected chi connectivity index (χ2v) is 11.6. The molecule has 2 amide bonds. The molecule has 0 saturated carbocycles. The number of benzene rings is 1. The molecular formula is C25H31N3O8S2. The standard InChI is InChI=1S/C17H21NO5S.C8H10N2O3S/c1-21-15(19)8-9-17(16(20)22-2)12-18-14(24-17)11-23-10-13-6-4-3-5-7-13;11-3-6-9-4-8(14-6)2-1-5(12)10-7(8)13/h3-7H,8-12H2,1-2H3;11H,1-4H2,(H,10,12,13). The summed E-state index contributed by atoms with van der Waals surface area (Å²) in [5.41, 5.74) is 1.08. The Kier molecular flexibility index (Phi) is 10.9. The first-order chi connectivity index (χ1) is 18.3. The molecule has 4 rings (SSSR count). The maximum absolute atomic E-state index is 12.2. The second kappa shape index (κ2) is 13.9. The highest BCUT2D eigenvalue weighted by Gasteiger charge is 2.47. The third-order valence-electron chi connectivity index (χ3n) is 6.06. The number of amides is 2. The van der Waals surface area contributed by atoms with Crippen LogP contribution in [0.1, 0.15) is 31.2 Å². The smallest absolute Gasteiger partial charge is 0.324 e. The van der Waals surface area contributed by atoms with Gasteiger partial charge >= 0.3 is 11.9 Å². The molecule has 3 aliphatic heterocycles. The summed E-state index contributed by atoms with van der Waals surface area (Å²) in [6, 6.07) is 9.83. The first-order valence-corrected chi connectivity index (χ1v) is 13.6. The van der Waals surface area contributed by atoms with E-state index in [0.717, 1.165) is 10.6 Å². The highest BCUT2D eigenvalue weighted by molar-refractivity contribution is 8.16. The summed E-state index contributed by atoms with van der Waals surface area (Å²) in [7, 11) is 2.67. The Hall–Kier alpha value is -2.74. The van der Waals surface area contributed by atoms with Crippen molar-refractivity contribution >= 4 is 57.4 Å². The first kappa shape index (κ1) is 29.8. The van der Waals surface area contributed by atoms with E-state index < -0.39 is 9.49 Å². The molecule has 206 valence electrons. The lowest BCUT2D eigenvalue weighted by molar-refractivity contribution is -0.144. The molecule has 0 radical (unpaired) electrons. The van der Waals surface area contributed by atoms with Gasteiger partial charge in [0.1, 0.15) is 9.49 Å². The van der Waals surface area contributed by atoms with Crippen LogP contribution in [0.4, 0.5) is 0 Å². The molecule has 3 aliphatic rings. The number of nitrogens with zero attached hydrogens (tertiary/aromatic N) is 2. The number of nitrogens with one attached hydrogen (secondary N) is 1. The van der Waals surface area contributed by atoms with Crippen molar-refractivity contribution < 1.29 is 38.5 Å². The Morgan fingerprint density at radius 1 is 1.03 bits per heavy atom. The zero-order valence-corrected chi connectivity index (χ0v) is 22.9. The first-order valence-electron chi connectivity index (χ1n) is 11.9. The van der Waals surface area contributed by atoms with Gasteiger partial charge in [0, 0.05) is 12.8 Å². The minimum Gasteiger partial charge on any atom is -0.469 e. The van der Waals surface area contributed by atoms with Crippen LogP contribution in [0.2, 0.25) is 0 Å². The number of esters is 2. The number of hydrogen-bond acceptors (Lipinski definition) is 12.